The Labute approximate surface area is 109 Å². The monoisotopic (exact) mass is 270 g/mol. The Bertz CT molecular complexity index is 449. The fourth-order valence-electron chi connectivity index (χ4n) is 1.38. The molecule has 0 radical (unpaired) electrons. The van der Waals surface area contributed by atoms with Gasteiger partial charge < -0.3 is 15.8 Å². The van der Waals surface area contributed by atoms with Crippen LogP contribution in [0.5, 0.6) is 5.75 Å². The number of nitrogens with one attached hydrogen (secondary N) is 1. The molecule has 0 aliphatic carbocycles. The van der Waals surface area contributed by atoms with Crippen molar-refractivity contribution in [3.05, 3.63) is 23.8 Å². The van der Waals surface area contributed by atoms with Crippen LogP contribution in [0, 0.1) is 0 Å². The Balaban J connectivity index is 2.63. The fourth-order valence-corrected chi connectivity index (χ4v) is 2.00. The molecular weight excluding hydrogens is 252 g/mol. The molecule has 0 aliphatic rings. The molecule has 0 saturated carbocycles. The summed E-state index contributed by atoms with van der Waals surface area (Å²) in [5.74, 6) is 1.34. The van der Waals surface area contributed by atoms with Crippen LogP contribution in [-0.4, -0.2) is 35.3 Å². The van der Waals surface area contributed by atoms with Crippen LogP contribution in [0.1, 0.15) is 17.3 Å². The van der Waals surface area contributed by atoms with Crippen molar-refractivity contribution in [3.63, 3.8) is 0 Å². The van der Waals surface area contributed by atoms with Crippen LogP contribution >= 0.6 is 0 Å². The maximum atomic E-state index is 11.9. The van der Waals surface area contributed by atoms with Gasteiger partial charge in [-0.05, 0) is 18.2 Å². The highest BCUT2D eigenvalue weighted by Gasteiger charge is 2.10. The molecule has 0 heterocycles. The Hall–Kier alpha value is -1.56. The fraction of sp³-hybridized carbons (Fsp3) is 0.417. The number of methoxy groups -OCH3 is 1. The molecule has 1 unspecified atom stereocenters. The highest BCUT2D eigenvalue weighted by atomic mass is 32.2. The largest absolute Gasteiger partial charge is 0.497 e. The second-order valence-corrected chi connectivity index (χ2v) is 5.51. The number of rotatable bonds is 6. The first-order chi connectivity index (χ1) is 8.58. The van der Waals surface area contributed by atoms with E-state index in [1.165, 1.54) is 7.11 Å². The molecule has 1 aromatic rings. The average Bonchev–Trinajstić information content (AvgIpc) is 2.38. The van der Waals surface area contributed by atoms with Gasteiger partial charge in [0.05, 0.1) is 12.7 Å². The van der Waals surface area contributed by atoms with Crippen molar-refractivity contribution in [3.8, 4) is 5.75 Å². The molecule has 3 N–H and O–H groups in total. The van der Waals surface area contributed by atoms with Gasteiger partial charge in [-0.25, -0.2) is 0 Å². The van der Waals surface area contributed by atoms with Crippen molar-refractivity contribution in [2.24, 2.45) is 0 Å². The number of anilines is 1. The number of carbonyl (C=O) groups is 1. The lowest BCUT2D eigenvalue weighted by Gasteiger charge is -2.08. The van der Waals surface area contributed by atoms with Crippen molar-refractivity contribution >= 4 is 22.4 Å². The highest BCUT2D eigenvalue weighted by Crippen LogP contribution is 2.19. The molecule has 0 spiro atoms. The third-order valence-corrected chi connectivity index (χ3v) is 3.75. The molecule has 6 heteroatoms. The molecule has 1 rings (SSSR count). The maximum absolute atomic E-state index is 11.9. The molecule has 0 aliphatic heterocycles. The van der Waals surface area contributed by atoms with E-state index < -0.39 is 10.8 Å². The van der Waals surface area contributed by atoms with Gasteiger partial charge in [0.25, 0.3) is 5.91 Å². The third kappa shape index (κ3) is 4.03. The van der Waals surface area contributed by atoms with E-state index in [9.17, 15) is 9.00 Å². The van der Waals surface area contributed by atoms with Gasteiger partial charge in [-0.1, -0.05) is 6.92 Å². The summed E-state index contributed by atoms with van der Waals surface area (Å²) in [7, 11) is 0.644. The summed E-state index contributed by atoms with van der Waals surface area (Å²) in [6, 6.07) is 4.90. The lowest BCUT2D eigenvalue weighted by atomic mass is 10.1. The Morgan fingerprint density at radius 1 is 1.50 bits per heavy atom. The summed E-state index contributed by atoms with van der Waals surface area (Å²) in [5.41, 5.74) is 6.49. The molecule has 0 saturated heterocycles. The number of nitrogens with two attached hydrogens (primary N) is 1. The van der Waals surface area contributed by atoms with Crippen molar-refractivity contribution in [1.29, 1.82) is 0 Å². The summed E-state index contributed by atoms with van der Waals surface area (Å²) in [6.45, 7) is 2.22. The first-order valence-corrected chi connectivity index (χ1v) is 7.14. The zero-order valence-corrected chi connectivity index (χ0v) is 11.4. The quantitative estimate of drug-likeness (QED) is 0.748. The van der Waals surface area contributed by atoms with E-state index in [0.717, 1.165) is 0 Å². The zero-order chi connectivity index (χ0) is 13.5. The highest BCUT2D eigenvalue weighted by molar-refractivity contribution is 7.84. The Morgan fingerprint density at radius 3 is 2.83 bits per heavy atom. The number of nitrogen functional groups attached to an aromatic ring is 1. The van der Waals surface area contributed by atoms with E-state index in [-0.39, 0.29) is 5.91 Å². The second-order valence-electron chi connectivity index (χ2n) is 3.64. The van der Waals surface area contributed by atoms with Crippen molar-refractivity contribution in [2.75, 3.05) is 30.9 Å². The van der Waals surface area contributed by atoms with E-state index in [4.69, 9.17) is 10.5 Å². The molecule has 5 nitrogen and oxygen atoms in total. The standard InChI is InChI=1S/C12H18N2O3S/c1-3-18(16)7-6-14-12(15)10-8-9(17-2)4-5-11(10)13/h4-5,8H,3,6-7,13H2,1-2H3,(H,14,15). The summed E-state index contributed by atoms with van der Waals surface area (Å²) < 4.78 is 16.2. The molecular formula is C12H18N2O3S. The predicted molar refractivity (Wildman–Crippen MR) is 73.3 cm³/mol. The van der Waals surface area contributed by atoms with E-state index >= 15 is 0 Å². The van der Waals surface area contributed by atoms with E-state index in [0.29, 0.717) is 35.1 Å². The van der Waals surface area contributed by atoms with Crippen LogP contribution in [0.4, 0.5) is 5.69 Å². The van der Waals surface area contributed by atoms with Gasteiger partial charge in [-0.2, -0.15) is 0 Å². The molecule has 0 bridgehead atoms. The lowest BCUT2D eigenvalue weighted by Crippen LogP contribution is -2.28. The number of ether oxygens (including phenoxy) is 1. The van der Waals surface area contributed by atoms with Crippen molar-refractivity contribution in [2.45, 2.75) is 6.92 Å². The Morgan fingerprint density at radius 2 is 2.22 bits per heavy atom. The van der Waals surface area contributed by atoms with Gasteiger partial charge in [-0.15, -0.1) is 0 Å². The van der Waals surface area contributed by atoms with Gasteiger partial charge >= 0.3 is 0 Å². The summed E-state index contributed by atoms with van der Waals surface area (Å²) in [6.07, 6.45) is 0. The zero-order valence-electron chi connectivity index (χ0n) is 10.6. The van der Waals surface area contributed by atoms with Gasteiger partial charge in [0.1, 0.15) is 5.75 Å². The van der Waals surface area contributed by atoms with Crippen LogP contribution in [0.3, 0.4) is 0 Å². The number of benzene rings is 1. The normalized spacial score (nSPS) is 11.9. The van der Waals surface area contributed by atoms with Crippen LogP contribution < -0.4 is 15.8 Å². The van der Waals surface area contributed by atoms with Gasteiger partial charge in [-0.3, -0.25) is 9.00 Å². The minimum atomic E-state index is -0.882. The SMILES string of the molecule is CCS(=O)CCNC(=O)c1cc(OC)ccc1N. The number of amides is 1. The van der Waals surface area contributed by atoms with Gasteiger partial charge in [0, 0.05) is 34.5 Å². The summed E-state index contributed by atoms with van der Waals surface area (Å²) in [5, 5.41) is 2.69. The molecule has 18 heavy (non-hydrogen) atoms. The number of hydrogen-bond acceptors (Lipinski definition) is 4. The van der Waals surface area contributed by atoms with E-state index in [1.807, 2.05) is 6.92 Å². The van der Waals surface area contributed by atoms with Crippen LogP contribution in [0.25, 0.3) is 0 Å². The molecule has 0 aromatic heterocycles. The van der Waals surface area contributed by atoms with Crippen LogP contribution in [0.2, 0.25) is 0 Å². The van der Waals surface area contributed by atoms with Crippen LogP contribution in [-0.2, 0) is 10.8 Å². The second kappa shape index (κ2) is 7.00. The van der Waals surface area contributed by atoms with Gasteiger partial charge in [0.2, 0.25) is 0 Å². The summed E-state index contributed by atoms with van der Waals surface area (Å²) >= 11 is 0. The molecule has 1 atom stereocenters. The van der Waals surface area contributed by atoms with E-state index in [2.05, 4.69) is 5.32 Å². The van der Waals surface area contributed by atoms with Crippen molar-refractivity contribution < 1.29 is 13.7 Å². The van der Waals surface area contributed by atoms with Gasteiger partial charge in [0.15, 0.2) is 0 Å². The van der Waals surface area contributed by atoms with Crippen molar-refractivity contribution in [1.82, 2.24) is 5.32 Å². The lowest BCUT2D eigenvalue weighted by molar-refractivity contribution is 0.0956. The first-order valence-electron chi connectivity index (χ1n) is 5.65. The Kier molecular flexibility index (Phi) is 5.64. The molecule has 100 valence electrons. The molecule has 1 aromatic carbocycles. The number of carbonyl (C=O) groups excluding carboxylic acids is 1. The molecule has 1 amide bonds. The topological polar surface area (TPSA) is 81.4 Å². The first kappa shape index (κ1) is 14.5. The average molecular weight is 270 g/mol. The third-order valence-electron chi connectivity index (χ3n) is 2.44. The minimum absolute atomic E-state index is 0.278. The predicted octanol–water partition coefficient (Wildman–Crippen LogP) is 0.776. The number of hydrogen-bond donors (Lipinski definition) is 2. The van der Waals surface area contributed by atoms with Crippen LogP contribution in [0.15, 0.2) is 18.2 Å². The molecule has 0 fully saturated rings. The van der Waals surface area contributed by atoms with E-state index in [1.54, 1.807) is 18.2 Å². The smallest absolute Gasteiger partial charge is 0.253 e. The minimum Gasteiger partial charge on any atom is -0.497 e. The summed E-state index contributed by atoms with van der Waals surface area (Å²) in [4.78, 5) is 11.9. The maximum Gasteiger partial charge on any atom is 0.253 e.